The number of benzene rings is 1. The summed E-state index contributed by atoms with van der Waals surface area (Å²) in [5, 5.41) is 4.25. The van der Waals surface area contributed by atoms with Crippen molar-refractivity contribution in [2.24, 2.45) is 0 Å². The first-order chi connectivity index (χ1) is 7.84. The Balaban J connectivity index is 1.79. The minimum Gasteiger partial charge on any atom is -0.315 e. The normalized spacial score (nSPS) is 18.3. The van der Waals surface area contributed by atoms with Gasteiger partial charge in [0, 0.05) is 24.7 Å². The van der Waals surface area contributed by atoms with Crippen LogP contribution in [0.3, 0.4) is 0 Å². The van der Waals surface area contributed by atoms with Crippen molar-refractivity contribution in [1.82, 2.24) is 10.2 Å². The standard InChI is InChI=1S/C13H19ClN2/c14-13-4-2-12(3-5-13)6-10-16-9-1-7-15-8-11-16/h2-5,15H,1,6-11H2. The van der Waals surface area contributed by atoms with Gasteiger partial charge in [0.05, 0.1) is 0 Å². The van der Waals surface area contributed by atoms with E-state index in [-0.39, 0.29) is 0 Å². The second-order valence-corrected chi connectivity index (χ2v) is 4.76. The van der Waals surface area contributed by atoms with E-state index in [0.29, 0.717) is 0 Å². The van der Waals surface area contributed by atoms with E-state index in [1.165, 1.54) is 25.1 Å². The third-order valence-electron chi connectivity index (χ3n) is 3.06. The highest BCUT2D eigenvalue weighted by atomic mass is 35.5. The average molecular weight is 239 g/mol. The van der Waals surface area contributed by atoms with E-state index in [0.717, 1.165) is 31.1 Å². The number of hydrogen-bond donors (Lipinski definition) is 1. The van der Waals surface area contributed by atoms with Crippen LogP contribution in [0.25, 0.3) is 0 Å². The van der Waals surface area contributed by atoms with Crippen molar-refractivity contribution >= 4 is 11.6 Å². The molecule has 0 atom stereocenters. The van der Waals surface area contributed by atoms with E-state index < -0.39 is 0 Å². The molecule has 1 fully saturated rings. The van der Waals surface area contributed by atoms with Crippen molar-refractivity contribution in [2.45, 2.75) is 12.8 Å². The minimum absolute atomic E-state index is 0.822. The molecule has 0 saturated carbocycles. The van der Waals surface area contributed by atoms with Gasteiger partial charge in [-0.15, -0.1) is 0 Å². The summed E-state index contributed by atoms with van der Waals surface area (Å²) in [6.45, 7) is 5.84. The summed E-state index contributed by atoms with van der Waals surface area (Å²) < 4.78 is 0. The van der Waals surface area contributed by atoms with Crippen LogP contribution in [0.2, 0.25) is 5.02 Å². The fourth-order valence-corrected chi connectivity index (χ4v) is 2.19. The lowest BCUT2D eigenvalue weighted by Crippen LogP contribution is -2.30. The molecule has 1 aromatic carbocycles. The molecule has 0 amide bonds. The molecule has 2 rings (SSSR count). The second kappa shape index (κ2) is 6.24. The maximum atomic E-state index is 5.86. The summed E-state index contributed by atoms with van der Waals surface area (Å²) >= 11 is 5.86. The van der Waals surface area contributed by atoms with E-state index in [9.17, 15) is 0 Å². The fourth-order valence-electron chi connectivity index (χ4n) is 2.06. The van der Waals surface area contributed by atoms with Crippen molar-refractivity contribution in [1.29, 1.82) is 0 Å². The van der Waals surface area contributed by atoms with Gasteiger partial charge in [0.1, 0.15) is 0 Å². The van der Waals surface area contributed by atoms with E-state index in [2.05, 4.69) is 22.3 Å². The predicted octanol–water partition coefficient (Wildman–Crippen LogP) is 2.18. The first-order valence-electron chi connectivity index (χ1n) is 6.02. The van der Waals surface area contributed by atoms with Gasteiger partial charge in [-0.05, 0) is 43.6 Å². The first-order valence-corrected chi connectivity index (χ1v) is 6.40. The van der Waals surface area contributed by atoms with Crippen molar-refractivity contribution in [3.8, 4) is 0 Å². The molecular weight excluding hydrogens is 220 g/mol. The van der Waals surface area contributed by atoms with E-state index in [4.69, 9.17) is 11.6 Å². The van der Waals surface area contributed by atoms with Crippen LogP contribution in [-0.2, 0) is 6.42 Å². The summed E-state index contributed by atoms with van der Waals surface area (Å²) in [4.78, 5) is 2.54. The topological polar surface area (TPSA) is 15.3 Å². The molecule has 1 N–H and O–H groups in total. The highest BCUT2D eigenvalue weighted by Crippen LogP contribution is 2.10. The van der Waals surface area contributed by atoms with Crippen LogP contribution < -0.4 is 5.32 Å². The zero-order chi connectivity index (χ0) is 11.2. The minimum atomic E-state index is 0.822. The van der Waals surface area contributed by atoms with Crippen LogP contribution in [0, 0.1) is 0 Å². The van der Waals surface area contributed by atoms with Crippen molar-refractivity contribution in [3.63, 3.8) is 0 Å². The maximum absolute atomic E-state index is 5.86. The van der Waals surface area contributed by atoms with Crippen molar-refractivity contribution < 1.29 is 0 Å². The third kappa shape index (κ3) is 3.78. The Hall–Kier alpha value is -0.570. The van der Waals surface area contributed by atoms with Crippen LogP contribution >= 0.6 is 11.6 Å². The quantitative estimate of drug-likeness (QED) is 0.869. The zero-order valence-corrected chi connectivity index (χ0v) is 10.3. The number of nitrogens with one attached hydrogen (secondary N) is 1. The van der Waals surface area contributed by atoms with Gasteiger partial charge in [-0.1, -0.05) is 23.7 Å². The van der Waals surface area contributed by atoms with Gasteiger partial charge < -0.3 is 10.2 Å². The lowest BCUT2D eigenvalue weighted by molar-refractivity contribution is 0.296. The molecule has 0 bridgehead atoms. The molecule has 1 saturated heterocycles. The van der Waals surface area contributed by atoms with E-state index in [1.807, 2.05) is 12.1 Å². The summed E-state index contributed by atoms with van der Waals surface area (Å²) in [5.74, 6) is 0. The molecule has 0 spiro atoms. The molecule has 0 aliphatic carbocycles. The molecule has 1 heterocycles. The van der Waals surface area contributed by atoms with Gasteiger partial charge in [-0.25, -0.2) is 0 Å². The predicted molar refractivity (Wildman–Crippen MR) is 69.1 cm³/mol. The van der Waals surface area contributed by atoms with Gasteiger partial charge in [0.15, 0.2) is 0 Å². The Morgan fingerprint density at radius 3 is 2.75 bits per heavy atom. The van der Waals surface area contributed by atoms with E-state index >= 15 is 0 Å². The highest BCUT2D eigenvalue weighted by molar-refractivity contribution is 6.30. The molecule has 0 unspecified atom stereocenters. The highest BCUT2D eigenvalue weighted by Gasteiger charge is 2.07. The van der Waals surface area contributed by atoms with Crippen LogP contribution in [0.5, 0.6) is 0 Å². The Labute approximate surface area is 103 Å². The summed E-state index contributed by atoms with van der Waals surface area (Å²) in [7, 11) is 0. The van der Waals surface area contributed by atoms with Gasteiger partial charge in [-0.2, -0.15) is 0 Å². The van der Waals surface area contributed by atoms with Gasteiger partial charge in [0.25, 0.3) is 0 Å². The van der Waals surface area contributed by atoms with Crippen LogP contribution in [-0.4, -0.2) is 37.6 Å². The summed E-state index contributed by atoms with van der Waals surface area (Å²) in [6, 6.07) is 8.19. The van der Waals surface area contributed by atoms with Crippen molar-refractivity contribution in [2.75, 3.05) is 32.7 Å². The molecule has 88 valence electrons. The van der Waals surface area contributed by atoms with Crippen LogP contribution in [0.15, 0.2) is 24.3 Å². The molecule has 16 heavy (non-hydrogen) atoms. The number of halogens is 1. The monoisotopic (exact) mass is 238 g/mol. The molecule has 3 heteroatoms. The first kappa shape index (κ1) is 11.9. The Kier molecular flexibility index (Phi) is 4.64. The number of hydrogen-bond acceptors (Lipinski definition) is 2. The second-order valence-electron chi connectivity index (χ2n) is 4.32. The Bertz CT molecular complexity index is 302. The summed E-state index contributed by atoms with van der Waals surface area (Å²) in [5.41, 5.74) is 1.38. The zero-order valence-electron chi connectivity index (χ0n) is 9.58. The molecule has 1 aliphatic rings. The lowest BCUT2D eigenvalue weighted by Gasteiger charge is -2.19. The smallest absolute Gasteiger partial charge is 0.0406 e. The third-order valence-corrected chi connectivity index (χ3v) is 3.31. The fraction of sp³-hybridized carbons (Fsp3) is 0.538. The SMILES string of the molecule is Clc1ccc(CCN2CCCNCC2)cc1. The number of nitrogens with zero attached hydrogens (tertiary/aromatic N) is 1. The van der Waals surface area contributed by atoms with Crippen molar-refractivity contribution in [3.05, 3.63) is 34.9 Å². The van der Waals surface area contributed by atoms with Gasteiger partial charge in [0.2, 0.25) is 0 Å². The van der Waals surface area contributed by atoms with Crippen LogP contribution in [0.4, 0.5) is 0 Å². The number of rotatable bonds is 3. The summed E-state index contributed by atoms with van der Waals surface area (Å²) in [6.07, 6.45) is 2.39. The Morgan fingerprint density at radius 2 is 1.94 bits per heavy atom. The van der Waals surface area contributed by atoms with Gasteiger partial charge >= 0.3 is 0 Å². The molecule has 2 nitrogen and oxygen atoms in total. The molecular formula is C13H19ClN2. The van der Waals surface area contributed by atoms with E-state index in [1.54, 1.807) is 0 Å². The van der Waals surface area contributed by atoms with Gasteiger partial charge in [-0.3, -0.25) is 0 Å². The Morgan fingerprint density at radius 1 is 1.12 bits per heavy atom. The van der Waals surface area contributed by atoms with Crippen LogP contribution in [0.1, 0.15) is 12.0 Å². The molecule has 1 aromatic rings. The molecule has 0 radical (unpaired) electrons. The molecule has 1 aliphatic heterocycles. The molecule has 0 aromatic heterocycles. The lowest BCUT2D eigenvalue weighted by atomic mass is 10.1. The largest absolute Gasteiger partial charge is 0.315 e. The maximum Gasteiger partial charge on any atom is 0.0406 e. The average Bonchev–Trinajstić information content (AvgIpc) is 2.57.